The van der Waals surface area contributed by atoms with Crippen molar-refractivity contribution in [3.63, 3.8) is 0 Å². The first-order chi connectivity index (χ1) is 13.5. The molecule has 0 atom stereocenters. The van der Waals surface area contributed by atoms with Crippen molar-refractivity contribution in [1.29, 1.82) is 0 Å². The van der Waals surface area contributed by atoms with Crippen LogP contribution in [0.2, 0.25) is 0 Å². The van der Waals surface area contributed by atoms with Gasteiger partial charge in [-0.15, -0.1) is 0 Å². The number of fused-ring (bicyclic) bond motifs is 1. The van der Waals surface area contributed by atoms with E-state index in [9.17, 15) is 31.1 Å². The molecule has 3 aromatic rings. The van der Waals surface area contributed by atoms with Crippen LogP contribution in [-0.4, -0.2) is 29.3 Å². The largest absolute Gasteiger partial charge is 0.497 e. The second-order valence-electron chi connectivity index (χ2n) is 5.86. The molecule has 0 bridgehead atoms. The van der Waals surface area contributed by atoms with Crippen LogP contribution in [0.1, 0.15) is 5.69 Å². The van der Waals surface area contributed by atoms with Crippen LogP contribution < -0.4 is 15.0 Å². The van der Waals surface area contributed by atoms with Crippen LogP contribution >= 0.6 is 0 Å². The maximum Gasteiger partial charge on any atom is 0.434 e. The number of benzene rings is 1. The van der Waals surface area contributed by atoms with Crippen molar-refractivity contribution < 1.29 is 35.8 Å². The number of hydrogen-bond acceptors (Lipinski definition) is 4. The van der Waals surface area contributed by atoms with Gasteiger partial charge in [-0.1, -0.05) is 12.1 Å². The Hall–Kier alpha value is -3.24. The van der Waals surface area contributed by atoms with E-state index in [0.29, 0.717) is 0 Å². The van der Waals surface area contributed by atoms with Crippen molar-refractivity contribution in [3.8, 4) is 22.6 Å². The topological polar surface area (TPSA) is 52.8 Å². The molecule has 0 amide bonds. The number of pyridine rings is 1. The highest BCUT2D eigenvalue weighted by Crippen LogP contribution is 2.35. The predicted octanol–water partition coefficient (Wildman–Crippen LogP) is 4.33. The van der Waals surface area contributed by atoms with Gasteiger partial charge in [0.15, 0.2) is 12.3 Å². The molecule has 2 aromatic heterocycles. The zero-order valence-electron chi connectivity index (χ0n) is 14.6. The number of aromatic nitrogens is 2. The highest BCUT2D eigenvalue weighted by atomic mass is 19.4. The Morgan fingerprint density at radius 3 is 2.21 bits per heavy atom. The molecule has 0 spiro atoms. The lowest BCUT2D eigenvalue weighted by Crippen LogP contribution is -2.24. The molecule has 0 saturated heterocycles. The number of ether oxygens (including phenoxy) is 2. The van der Waals surface area contributed by atoms with Crippen LogP contribution in [0.4, 0.5) is 26.3 Å². The maximum atomic E-state index is 13.6. The molecule has 0 aliphatic carbocycles. The third-order valence-corrected chi connectivity index (χ3v) is 3.85. The molecule has 2 heterocycles. The fourth-order valence-electron chi connectivity index (χ4n) is 2.59. The van der Waals surface area contributed by atoms with Crippen molar-refractivity contribution in [2.24, 2.45) is 0 Å². The minimum Gasteiger partial charge on any atom is -0.497 e. The van der Waals surface area contributed by atoms with Crippen LogP contribution in [0.25, 0.3) is 16.8 Å². The van der Waals surface area contributed by atoms with Crippen LogP contribution in [0, 0.1) is 0 Å². The monoisotopic (exact) mass is 418 g/mol. The van der Waals surface area contributed by atoms with Gasteiger partial charge >= 0.3 is 12.4 Å². The quantitative estimate of drug-likeness (QED) is 0.592. The molecule has 0 fully saturated rings. The normalized spacial score (nSPS) is 12.2. The van der Waals surface area contributed by atoms with E-state index in [1.54, 1.807) is 0 Å². The molecule has 29 heavy (non-hydrogen) atoms. The molecule has 0 aliphatic rings. The van der Waals surface area contributed by atoms with E-state index in [-0.39, 0.29) is 22.7 Å². The van der Waals surface area contributed by atoms with E-state index >= 15 is 0 Å². The summed E-state index contributed by atoms with van der Waals surface area (Å²) in [7, 11) is 1.31. The van der Waals surface area contributed by atoms with Gasteiger partial charge in [0.2, 0.25) is 0 Å². The molecule has 3 rings (SSSR count). The summed E-state index contributed by atoms with van der Waals surface area (Å²) in [5.41, 5.74) is -3.58. The van der Waals surface area contributed by atoms with Crippen molar-refractivity contribution in [3.05, 3.63) is 58.6 Å². The molecular formula is C18H12F6N2O3. The third-order valence-electron chi connectivity index (χ3n) is 3.85. The number of rotatable bonds is 4. The van der Waals surface area contributed by atoms with Gasteiger partial charge in [-0.3, -0.25) is 9.20 Å². The standard InChI is InChI=1S/C18H12F6N2O3/c1-28-12-6-7-26-13(8-12)25-15(18(22,23)24)14(16(26)27)10-2-4-11(5-3-10)29-9-17(19,20)21/h2-8H,9H2,1H3. The van der Waals surface area contributed by atoms with Gasteiger partial charge in [0.1, 0.15) is 17.1 Å². The summed E-state index contributed by atoms with van der Waals surface area (Å²) >= 11 is 0. The van der Waals surface area contributed by atoms with Gasteiger partial charge in [-0.05, 0) is 23.8 Å². The Kier molecular flexibility index (Phi) is 5.16. The highest BCUT2D eigenvalue weighted by molar-refractivity contribution is 5.68. The van der Waals surface area contributed by atoms with Gasteiger partial charge in [-0.2, -0.15) is 26.3 Å². The van der Waals surface area contributed by atoms with Crippen LogP contribution in [0.3, 0.4) is 0 Å². The molecule has 5 nitrogen and oxygen atoms in total. The fraction of sp³-hybridized carbons (Fsp3) is 0.222. The molecule has 1 aromatic carbocycles. The summed E-state index contributed by atoms with van der Waals surface area (Å²) in [6, 6.07) is 6.77. The number of hydrogen-bond donors (Lipinski definition) is 0. The maximum absolute atomic E-state index is 13.6. The Balaban J connectivity index is 2.13. The Morgan fingerprint density at radius 1 is 1.00 bits per heavy atom. The first kappa shape index (κ1) is 20.5. The lowest BCUT2D eigenvalue weighted by Gasteiger charge is -2.14. The summed E-state index contributed by atoms with van der Waals surface area (Å²) in [5.74, 6) is 0.00200. The predicted molar refractivity (Wildman–Crippen MR) is 90.0 cm³/mol. The van der Waals surface area contributed by atoms with Crippen molar-refractivity contribution >= 4 is 5.65 Å². The van der Waals surface area contributed by atoms with Gasteiger partial charge in [0.25, 0.3) is 5.56 Å². The van der Waals surface area contributed by atoms with Crippen molar-refractivity contribution in [2.75, 3.05) is 13.7 Å². The van der Waals surface area contributed by atoms with Crippen LogP contribution in [-0.2, 0) is 6.18 Å². The lowest BCUT2D eigenvalue weighted by atomic mass is 10.0. The van der Waals surface area contributed by atoms with E-state index in [0.717, 1.165) is 28.7 Å². The molecule has 0 saturated carbocycles. The average molecular weight is 418 g/mol. The first-order valence-electron chi connectivity index (χ1n) is 7.97. The molecule has 0 unspecified atom stereocenters. The molecular weight excluding hydrogens is 406 g/mol. The summed E-state index contributed by atoms with van der Waals surface area (Å²) in [6.45, 7) is -1.55. The SMILES string of the molecule is COc1ccn2c(=O)c(-c3ccc(OCC(F)(F)F)cc3)c(C(F)(F)F)nc2c1. The number of nitrogens with zero attached hydrogens (tertiary/aromatic N) is 2. The van der Waals surface area contributed by atoms with E-state index in [1.165, 1.54) is 25.4 Å². The molecule has 11 heteroatoms. The summed E-state index contributed by atoms with van der Waals surface area (Å²) in [6.07, 6.45) is -8.30. The fourth-order valence-corrected chi connectivity index (χ4v) is 2.59. The number of halogens is 6. The molecule has 154 valence electrons. The summed E-state index contributed by atoms with van der Waals surface area (Å²) < 4.78 is 87.7. The third kappa shape index (κ3) is 4.44. The Labute approximate surface area is 159 Å². The second-order valence-corrected chi connectivity index (χ2v) is 5.86. The van der Waals surface area contributed by atoms with Crippen LogP contribution in [0.15, 0.2) is 47.4 Å². The average Bonchev–Trinajstić information content (AvgIpc) is 2.65. The lowest BCUT2D eigenvalue weighted by molar-refractivity contribution is -0.153. The molecule has 0 radical (unpaired) electrons. The molecule has 0 aliphatic heterocycles. The zero-order chi connectivity index (χ0) is 21.4. The summed E-state index contributed by atoms with van der Waals surface area (Å²) in [5, 5.41) is 0. The van der Waals surface area contributed by atoms with Gasteiger partial charge in [-0.25, -0.2) is 4.98 Å². The van der Waals surface area contributed by atoms with E-state index in [2.05, 4.69) is 9.72 Å². The minimum absolute atomic E-state index is 0.167. The Morgan fingerprint density at radius 2 is 1.66 bits per heavy atom. The molecule has 0 N–H and O–H groups in total. The smallest absolute Gasteiger partial charge is 0.434 e. The Bertz CT molecular complexity index is 1090. The van der Waals surface area contributed by atoms with E-state index < -0.39 is 35.8 Å². The van der Waals surface area contributed by atoms with Crippen LogP contribution in [0.5, 0.6) is 11.5 Å². The van der Waals surface area contributed by atoms with Crippen molar-refractivity contribution in [1.82, 2.24) is 9.38 Å². The van der Waals surface area contributed by atoms with E-state index in [4.69, 9.17) is 4.74 Å². The van der Waals surface area contributed by atoms with E-state index in [1.807, 2.05) is 0 Å². The summed E-state index contributed by atoms with van der Waals surface area (Å²) in [4.78, 5) is 16.3. The zero-order valence-corrected chi connectivity index (χ0v) is 14.6. The van der Waals surface area contributed by atoms with Gasteiger partial charge < -0.3 is 9.47 Å². The second kappa shape index (κ2) is 7.30. The number of alkyl halides is 6. The van der Waals surface area contributed by atoms with Gasteiger partial charge in [0.05, 0.1) is 12.7 Å². The van der Waals surface area contributed by atoms with Crippen molar-refractivity contribution in [2.45, 2.75) is 12.4 Å². The number of methoxy groups -OCH3 is 1. The highest BCUT2D eigenvalue weighted by Gasteiger charge is 2.38. The first-order valence-corrected chi connectivity index (χ1v) is 7.97. The van der Waals surface area contributed by atoms with Gasteiger partial charge in [0, 0.05) is 12.3 Å². The minimum atomic E-state index is -4.95.